The number of benzene rings is 3. The zero-order valence-corrected chi connectivity index (χ0v) is 18.4. The van der Waals surface area contributed by atoms with Crippen molar-refractivity contribution in [1.82, 2.24) is 0 Å². The van der Waals surface area contributed by atoms with Crippen molar-refractivity contribution in [2.24, 2.45) is 0 Å². The molecule has 0 spiro atoms. The highest BCUT2D eigenvalue weighted by atomic mass is 79.9. The molecule has 9 heteroatoms. The lowest BCUT2D eigenvalue weighted by Gasteiger charge is -2.11. The quantitative estimate of drug-likeness (QED) is 0.491. The number of carbonyl (C=O) groups is 1. The van der Waals surface area contributed by atoms with Crippen molar-refractivity contribution in [2.45, 2.75) is 4.90 Å². The summed E-state index contributed by atoms with van der Waals surface area (Å²) in [6.07, 6.45) is 0. The summed E-state index contributed by atoms with van der Waals surface area (Å²) in [5.74, 6) is 0.781. The van der Waals surface area contributed by atoms with Gasteiger partial charge in [-0.05, 0) is 66.7 Å². The first-order chi connectivity index (χ1) is 14.4. The Labute approximate surface area is 183 Å². The molecule has 0 atom stereocenters. The van der Waals surface area contributed by atoms with Crippen LogP contribution in [0.3, 0.4) is 0 Å². The first kappa shape index (κ1) is 21.7. The van der Waals surface area contributed by atoms with E-state index >= 15 is 0 Å². The fourth-order valence-electron chi connectivity index (χ4n) is 2.49. The van der Waals surface area contributed by atoms with Crippen LogP contribution < -0.4 is 19.5 Å². The first-order valence-electron chi connectivity index (χ1n) is 8.81. The molecular formula is C21H19BrN2O5S. The molecule has 2 N–H and O–H groups in total. The number of hydrogen-bond acceptors (Lipinski definition) is 5. The summed E-state index contributed by atoms with van der Waals surface area (Å²) in [5.41, 5.74) is 0.776. The summed E-state index contributed by atoms with van der Waals surface area (Å²) in [6, 6.07) is 19.6. The molecule has 0 aliphatic heterocycles. The Morgan fingerprint density at radius 1 is 0.933 bits per heavy atom. The van der Waals surface area contributed by atoms with Crippen LogP contribution in [-0.2, 0) is 14.8 Å². The number of rotatable bonds is 8. The van der Waals surface area contributed by atoms with Crippen LogP contribution in [0.5, 0.6) is 11.5 Å². The molecule has 3 rings (SSSR count). The molecular weight excluding hydrogens is 472 g/mol. The summed E-state index contributed by atoms with van der Waals surface area (Å²) < 4.78 is 39.1. The van der Waals surface area contributed by atoms with E-state index in [4.69, 9.17) is 9.47 Å². The number of sulfonamides is 1. The van der Waals surface area contributed by atoms with Crippen molar-refractivity contribution in [3.8, 4) is 11.5 Å². The molecule has 0 unspecified atom stereocenters. The molecule has 0 aliphatic rings. The lowest BCUT2D eigenvalue weighted by Crippen LogP contribution is -2.20. The average Bonchev–Trinajstić information content (AvgIpc) is 2.74. The SMILES string of the molecule is COc1ccc(OCC(=O)Nc2cccc(S(=O)(=O)Nc3ccc(Br)cc3)c2)cc1. The van der Waals surface area contributed by atoms with Gasteiger partial charge in [-0.1, -0.05) is 22.0 Å². The maximum absolute atomic E-state index is 12.6. The van der Waals surface area contributed by atoms with Gasteiger partial charge in [0.05, 0.1) is 12.0 Å². The van der Waals surface area contributed by atoms with Crippen LogP contribution in [0.2, 0.25) is 0 Å². The number of ether oxygens (including phenoxy) is 2. The first-order valence-corrected chi connectivity index (χ1v) is 11.1. The van der Waals surface area contributed by atoms with Gasteiger partial charge in [0.25, 0.3) is 15.9 Å². The van der Waals surface area contributed by atoms with Crippen LogP contribution in [-0.4, -0.2) is 28.0 Å². The molecule has 0 fully saturated rings. The highest BCUT2D eigenvalue weighted by Gasteiger charge is 2.15. The van der Waals surface area contributed by atoms with Gasteiger partial charge in [-0.15, -0.1) is 0 Å². The fraction of sp³-hybridized carbons (Fsp3) is 0.0952. The van der Waals surface area contributed by atoms with Crippen LogP contribution in [0.1, 0.15) is 0 Å². The van der Waals surface area contributed by atoms with Gasteiger partial charge in [0.1, 0.15) is 11.5 Å². The van der Waals surface area contributed by atoms with Crippen molar-refractivity contribution in [2.75, 3.05) is 23.8 Å². The highest BCUT2D eigenvalue weighted by molar-refractivity contribution is 9.10. The third kappa shape index (κ3) is 5.98. The summed E-state index contributed by atoms with van der Waals surface area (Å²) in [7, 11) is -2.24. The lowest BCUT2D eigenvalue weighted by molar-refractivity contribution is -0.118. The minimum atomic E-state index is -3.81. The number of methoxy groups -OCH3 is 1. The maximum atomic E-state index is 12.6. The van der Waals surface area contributed by atoms with Gasteiger partial charge >= 0.3 is 0 Å². The zero-order chi connectivity index (χ0) is 21.6. The number of hydrogen-bond donors (Lipinski definition) is 2. The van der Waals surface area contributed by atoms with E-state index in [9.17, 15) is 13.2 Å². The zero-order valence-electron chi connectivity index (χ0n) is 16.0. The van der Waals surface area contributed by atoms with Crippen LogP contribution in [0.15, 0.2) is 82.2 Å². The second-order valence-electron chi connectivity index (χ2n) is 6.15. The van der Waals surface area contributed by atoms with Crippen LogP contribution >= 0.6 is 15.9 Å². The number of halogens is 1. The van der Waals surface area contributed by atoms with E-state index in [1.165, 1.54) is 12.1 Å². The highest BCUT2D eigenvalue weighted by Crippen LogP contribution is 2.21. The van der Waals surface area contributed by atoms with Gasteiger partial charge in [-0.3, -0.25) is 9.52 Å². The standard InChI is InChI=1S/C21H19BrN2O5S/c1-28-18-9-11-19(12-10-18)29-14-21(25)23-17-3-2-4-20(13-17)30(26,27)24-16-7-5-15(22)6-8-16/h2-13,24H,14H2,1H3,(H,23,25). The Bertz CT molecular complexity index is 1120. The molecule has 3 aromatic carbocycles. The molecule has 7 nitrogen and oxygen atoms in total. The second kappa shape index (κ2) is 9.64. The number of nitrogens with one attached hydrogen (secondary N) is 2. The fourth-order valence-corrected chi connectivity index (χ4v) is 3.86. The van der Waals surface area contributed by atoms with Crippen molar-refractivity contribution in [3.05, 3.63) is 77.3 Å². The number of carbonyl (C=O) groups excluding carboxylic acids is 1. The Balaban J connectivity index is 1.62. The third-order valence-electron chi connectivity index (χ3n) is 3.95. The molecule has 1 amide bonds. The molecule has 3 aromatic rings. The topological polar surface area (TPSA) is 93.7 Å². The number of anilines is 2. The van der Waals surface area contributed by atoms with E-state index in [1.807, 2.05) is 0 Å². The van der Waals surface area contributed by atoms with E-state index in [0.717, 1.165) is 4.47 Å². The molecule has 0 aromatic heterocycles. The Morgan fingerprint density at radius 2 is 1.60 bits per heavy atom. The largest absolute Gasteiger partial charge is 0.497 e. The normalized spacial score (nSPS) is 10.9. The van der Waals surface area contributed by atoms with E-state index in [0.29, 0.717) is 22.9 Å². The Kier molecular flexibility index (Phi) is 6.96. The summed E-state index contributed by atoms with van der Waals surface area (Å²) in [4.78, 5) is 12.2. The van der Waals surface area contributed by atoms with Crippen LogP contribution in [0.4, 0.5) is 11.4 Å². The van der Waals surface area contributed by atoms with Gasteiger partial charge in [0.2, 0.25) is 0 Å². The minimum absolute atomic E-state index is 0.0271. The van der Waals surface area contributed by atoms with E-state index in [-0.39, 0.29) is 11.5 Å². The molecule has 0 aliphatic carbocycles. The third-order valence-corrected chi connectivity index (χ3v) is 5.86. The summed E-state index contributed by atoms with van der Waals surface area (Å²) >= 11 is 3.30. The lowest BCUT2D eigenvalue weighted by atomic mass is 10.3. The Morgan fingerprint density at radius 3 is 2.27 bits per heavy atom. The van der Waals surface area contributed by atoms with Crippen molar-refractivity contribution in [3.63, 3.8) is 0 Å². The van der Waals surface area contributed by atoms with E-state index in [1.54, 1.807) is 67.8 Å². The van der Waals surface area contributed by atoms with E-state index < -0.39 is 15.9 Å². The van der Waals surface area contributed by atoms with Crippen molar-refractivity contribution >= 4 is 43.2 Å². The van der Waals surface area contributed by atoms with Gasteiger partial charge in [-0.2, -0.15) is 0 Å². The molecule has 0 heterocycles. The monoisotopic (exact) mass is 490 g/mol. The molecule has 0 saturated heterocycles. The van der Waals surface area contributed by atoms with Gasteiger partial charge in [-0.25, -0.2) is 8.42 Å². The molecule has 156 valence electrons. The molecule has 0 bridgehead atoms. The number of amides is 1. The van der Waals surface area contributed by atoms with Gasteiger partial charge < -0.3 is 14.8 Å². The summed E-state index contributed by atoms with van der Waals surface area (Å²) in [5, 5.41) is 2.63. The maximum Gasteiger partial charge on any atom is 0.262 e. The minimum Gasteiger partial charge on any atom is -0.497 e. The van der Waals surface area contributed by atoms with Crippen LogP contribution in [0, 0.1) is 0 Å². The second-order valence-corrected chi connectivity index (χ2v) is 8.75. The predicted molar refractivity (Wildman–Crippen MR) is 119 cm³/mol. The van der Waals surface area contributed by atoms with E-state index in [2.05, 4.69) is 26.0 Å². The average molecular weight is 491 g/mol. The smallest absolute Gasteiger partial charge is 0.262 e. The molecule has 30 heavy (non-hydrogen) atoms. The molecule has 0 saturated carbocycles. The Hall–Kier alpha value is -3.04. The summed E-state index contributed by atoms with van der Waals surface area (Å²) in [6.45, 7) is -0.222. The van der Waals surface area contributed by atoms with Crippen LogP contribution in [0.25, 0.3) is 0 Å². The van der Waals surface area contributed by atoms with Gasteiger partial charge in [0.15, 0.2) is 6.61 Å². The van der Waals surface area contributed by atoms with Gasteiger partial charge in [0, 0.05) is 15.8 Å². The predicted octanol–water partition coefficient (Wildman–Crippen LogP) is 4.28. The van der Waals surface area contributed by atoms with Crippen molar-refractivity contribution in [1.29, 1.82) is 0 Å². The molecule has 0 radical (unpaired) electrons. The van der Waals surface area contributed by atoms with Crippen molar-refractivity contribution < 1.29 is 22.7 Å².